The smallest absolute Gasteiger partial charge is 0.410 e. The molecule has 1 N–H and O–H groups in total. The van der Waals surface area contributed by atoms with Crippen molar-refractivity contribution in [2.45, 2.75) is 32.9 Å². The van der Waals surface area contributed by atoms with Gasteiger partial charge in [-0.3, -0.25) is 0 Å². The average Bonchev–Trinajstić information content (AvgIpc) is 3.23. The Balaban J connectivity index is 1.34. The van der Waals surface area contributed by atoms with Crippen LogP contribution in [0, 0.1) is 13.8 Å². The van der Waals surface area contributed by atoms with Gasteiger partial charge in [-0.1, -0.05) is 48.5 Å². The maximum Gasteiger partial charge on any atom is 0.410 e. The van der Waals surface area contributed by atoms with Gasteiger partial charge in [-0.15, -0.1) is 0 Å². The Hall–Kier alpha value is -3.54. The zero-order valence-corrected chi connectivity index (χ0v) is 17.6. The number of carbonyl (C=O) groups excluding carboxylic acids is 1. The molecule has 5 rings (SSSR count). The summed E-state index contributed by atoms with van der Waals surface area (Å²) >= 11 is 0. The highest BCUT2D eigenvalue weighted by Gasteiger charge is 2.32. The highest BCUT2D eigenvalue weighted by atomic mass is 16.6. The van der Waals surface area contributed by atoms with Crippen molar-refractivity contribution in [2.75, 3.05) is 13.2 Å². The fourth-order valence-electron chi connectivity index (χ4n) is 5.10. The zero-order chi connectivity index (χ0) is 21.7. The number of aromatic nitrogens is 1. The van der Waals surface area contributed by atoms with Crippen LogP contribution in [0.5, 0.6) is 0 Å². The molecule has 158 valence electrons. The van der Waals surface area contributed by atoms with Gasteiger partial charge in [0.1, 0.15) is 6.61 Å². The van der Waals surface area contributed by atoms with Crippen molar-refractivity contribution >= 4 is 12.1 Å². The number of nitrogens with zero attached hydrogens (tertiary/aromatic N) is 2. The maximum absolute atomic E-state index is 12.9. The van der Waals surface area contributed by atoms with Crippen LogP contribution in [0.25, 0.3) is 11.1 Å². The first-order valence-electron chi connectivity index (χ1n) is 10.5. The van der Waals surface area contributed by atoms with Crippen LogP contribution >= 0.6 is 0 Å². The van der Waals surface area contributed by atoms with Crippen LogP contribution in [0.4, 0.5) is 4.79 Å². The predicted molar refractivity (Wildman–Crippen MR) is 116 cm³/mol. The van der Waals surface area contributed by atoms with Crippen LogP contribution in [-0.4, -0.2) is 39.8 Å². The molecule has 2 aliphatic rings. The Morgan fingerprint density at radius 3 is 2.23 bits per heavy atom. The van der Waals surface area contributed by atoms with E-state index in [1.807, 2.05) is 42.7 Å². The van der Waals surface area contributed by atoms with Gasteiger partial charge >= 0.3 is 12.1 Å². The second-order valence-corrected chi connectivity index (χ2v) is 8.21. The Morgan fingerprint density at radius 2 is 1.61 bits per heavy atom. The summed E-state index contributed by atoms with van der Waals surface area (Å²) in [6.07, 6.45) is -0.358. The molecule has 2 heterocycles. The Labute approximate surface area is 180 Å². The van der Waals surface area contributed by atoms with Crippen LogP contribution in [0.15, 0.2) is 48.5 Å². The Kier molecular flexibility index (Phi) is 4.58. The third-order valence-corrected chi connectivity index (χ3v) is 6.64. The third-order valence-electron chi connectivity index (χ3n) is 6.64. The summed E-state index contributed by atoms with van der Waals surface area (Å²) in [6.45, 7) is 5.34. The minimum atomic E-state index is -0.926. The van der Waals surface area contributed by atoms with Crippen molar-refractivity contribution in [1.29, 1.82) is 0 Å². The average molecular weight is 416 g/mol. The molecular weight excluding hydrogens is 392 g/mol. The molecule has 0 spiro atoms. The van der Waals surface area contributed by atoms with Crippen molar-refractivity contribution in [3.05, 3.63) is 82.2 Å². The number of aromatic carboxylic acids is 1. The minimum Gasteiger partial charge on any atom is -0.478 e. The van der Waals surface area contributed by atoms with Crippen molar-refractivity contribution in [1.82, 2.24) is 9.47 Å². The highest BCUT2D eigenvalue weighted by molar-refractivity contribution is 5.91. The summed E-state index contributed by atoms with van der Waals surface area (Å²) in [5.74, 6) is -0.905. The van der Waals surface area contributed by atoms with E-state index in [1.165, 1.54) is 22.3 Å². The lowest BCUT2D eigenvalue weighted by atomic mass is 9.98. The Morgan fingerprint density at radius 1 is 1.00 bits per heavy atom. The normalized spacial score (nSPS) is 14.7. The second kappa shape index (κ2) is 7.30. The highest BCUT2D eigenvalue weighted by Crippen LogP contribution is 2.44. The van der Waals surface area contributed by atoms with E-state index in [1.54, 1.807) is 4.90 Å². The van der Waals surface area contributed by atoms with Crippen LogP contribution in [0.1, 0.15) is 44.4 Å². The lowest BCUT2D eigenvalue weighted by Gasteiger charge is -2.29. The number of ether oxygens (including phenoxy) is 1. The van der Waals surface area contributed by atoms with E-state index in [9.17, 15) is 14.7 Å². The van der Waals surface area contributed by atoms with E-state index in [4.69, 9.17) is 4.74 Å². The number of hydrogen-bond donors (Lipinski definition) is 1. The molecule has 1 aliphatic heterocycles. The van der Waals surface area contributed by atoms with Crippen molar-refractivity contribution in [3.63, 3.8) is 0 Å². The quantitative estimate of drug-likeness (QED) is 0.679. The van der Waals surface area contributed by atoms with E-state index in [-0.39, 0.29) is 18.6 Å². The van der Waals surface area contributed by atoms with E-state index < -0.39 is 5.97 Å². The molecule has 0 bridgehead atoms. The number of carboxylic acid groups (broad SMARTS) is 1. The molecule has 31 heavy (non-hydrogen) atoms. The van der Waals surface area contributed by atoms with E-state index in [2.05, 4.69) is 24.3 Å². The summed E-state index contributed by atoms with van der Waals surface area (Å²) in [5.41, 5.74) is 7.43. The number of rotatable bonds is 3. The number of hydrogen-bond acceptors (Lipinski definition) is 3. The molecule has 0 atom stereocenters. The summed E-state index contributed by atoms with van der Waals surface area (Å²) in [4.78, 5) is 26.2. The first kappa shape index (κ1) is 19.4. The minimum absolute atomic E-state index is 0.0209. The number of carbonyl (C=O) groups is 2. The molecule has 2 aromatic carbocycles. The van der Waals surface area contributed by atoms with Crippen LogP contribution in [0.2, 0.25) is 0 Å². The molecule has 0 radical (unpaired) electrons. The predicted octanol–water partition coefficient (Wildman–Crippen LogP) is 4.57. The molecule has 1 aliphatic carbocycles. The van der Waals surface area contributed by atoms with Gasteiger partial charge in [0.05, 0.1) is 12.1 Å². The molecule has 1 aromatic heterocycles. The van der Waals surface area contributed by atoms with E-state index in [0.717, 1.165) is 17.0 Å². The van der Waals surface area contributed by atoms with Crippen LogP contribution in [-0.2, 0) is 17.8 Å². The van der Waals surface area contributed by atoms with Crippen LogP contribution in [0.3, 0.4) is 0 Å². The number of carboxylic acids is 1. The molecule has 0 saturated heterocycles. The topological polar surface area (TPSA) is 71.8 Å². The molecule has 1 amide bonds. The van der Waals surface area contributed by atoms with Gasteiger partial charge < -0.3 is 19.3 Å². The first-order valence-corrected chi connectivity index (χ1v) is 10.5. The first-order chi connectivity index (χ1) is 15.0. The van der Waals surface area contributed by atoms with Crippen LogP contribution < -0.4 is 0 Å². The van der Waals surface area contributed by atoms with Gasteiger partial charge in [0.25, 0.3) is 0 Å². The van der Waals surface area contributed by atoms with Crippen molar-refractivity contribution in [2.24, 2.45) is 0 Å². The number of amides is 1. The van der Waals surface area contributed by atoms with Crippen molar-refractivity contribution in [3.8, 4) is 11.1 Å². The van der Waals surface area contributed by atoms with E-state index >= 15 is 0 Å². The largest absolute Gasteiger partial charge is 0.478 e. The van der Waals surface area contributed by atoms with Gasteiger partial charge in [0.15, 0.2) is 0 Å². The second-order valence-electron chi connectivity index (χ2n) is 8.21. The molecular formula is C25H24N2O4. The molecule has 3 aromatic rings. The fraction of sp³-hybridized carbons (Fsp3) is 0.280. The summed E-state index contributed by atoms with van der Waals surface area (Å²) in [6, 6.07) is 16.5. The zero-order valence-electron chi connectivity index (χ0n) is 17.6. The third kappa shape index (κ3) is 3.02. The Bertz CT molecular complexity index is 1160. The molecule has 0 unspecified atom stereocenters. The molecule has 0 saturated carbocycles. The lowest BCUT2D eigenvalue weighted by molar-refractivity contribution is 0.0694. The fourth-order valence-corrected chi connectivity index (χ4v) is 5.10. The lowest BCUT2D eigenvalue weighted by Crippen LogP contribution is -2.39. The number of fused-ring (bicyclic) bond motifs is 4. The van der Waals surface area contributed by atoms with Gasteiger partial charge in [0.2, 0.25) is 0 Å². The SMILES string of the molecule is Cc1c(C(=O)O)c(C)n2c1CN(C(=O)OCC1c3ccccc3-c3ccccc31)CC2. The molecule has 6 heteroatoms. The summed E-state index contributed by atoms with van der Waals surface area (Å²) in [5, 5.41) is 9.52. The van der Waals surface area contributed by atoms with Gasteiger partial charge in [-0.05, 0) is 41.7 Å². The maximum atomic E-state index is 12.9. The summed E-state index contributed by atoms with van der Waals surface area (Å²) in [7, 11) is 0. The summed E-state index contributed by atoms with van der Waals surface area (Å²) < 4.78 is 7.79. The van der Waals surface area contributed by atoms with Gasteiger partial charge in [-0.25, -0.2) is 9.59 Å². The van der Waals surface area contributed by atoms with Gasteiger partial charge in [0, 0.05) is 30.4 Å². The van der Waals surface area contributed by atoms with Gasteiger partial charge in [-0.2, -0.15) is 0 Å². The van der Waals surface area contributed by atoms with E-state index in [0.29, 0.717) is 25.2 Å². The molecule has 0 fully saturated rings. The van der Waals surface area contributed by atoms with Crippen molar-refractivity contribution < 1.29 is 19.4 Å². The molecule has 6 nitrogen and oxygen atoms in total. The monoisotopic (exact) mass is 416 g/mol. The number of benzene rings is 2. The standard InChI is InChI=1S/C25H24N2O4/c1-15-22-13-26(11-12-27(22)16(2)23(15)24(28)29)25(30)31-14-21-19-9-5-3-7-17(19)18-8-4-6-10-20(18)21/h3-10,21H,11-14H2,1-2H3,(H,28,29).